The quantitative estimate of drug-likeness (QED) is 0.781. The molecule has 0 radical (unpaired) electrons. The Hall–Kier alpha value is -1.91. The third-order valence-electron chi connectivity index (χ3n) is 2.83. The highest BCUT2D eigenvalue weighted by Gasteiger charge is 2.15. The topological polar surface area (TPSA) is 56.5 Å². The predicted octanol–water partition coefficient (Wildman–Crippen LogP) is 2.34. The normalized spacial score (nSPS) is 11.2. The fourth-order valence-electron chi connectivity index (χ4n) is 1.76. The summed E-state index contributed by atoms with van der Waals surface area (Å²) in [6.45, 7) is 8.13. The molecular formula is C13H17N3O2. The van der Waals surface area contributed by atoms with Crippen LogP contribution in [0.15, 0.2) is 12.3 Å². The number of aryl methyl sites for hydroxylation is 1. The second-order valence-corrected chi connectivity index (χ2v) is 4.47. The fraction of sp³-hybridized carbons (Fsp3) is 0.462. The zero-order chi connectivity index (χ0) is 13.3. The summed E-state index contributed by atoms with van der Waals surface area (Å²) >= 11 is 0. The van der Waals surface area contributed by atoms with Crippen molar-refractivity contribution in [2.45, 2.75) is 33.6 Å². The summed E-state index contributed by atoms with van der Waals surface area (Å²) in [5.74, 6) is -0.0249. The van der Waals surface area contributed by atoms with Crippen LogP contribution in [0.3, 0.4) is 0 Å². The molecule has 2 aromatic heterocycles. The molecule has 0 bridgehead atoms. The van der Waals surface area contributed by atoms with Crippen molar-refractivity contribution in [2.75, 3.05) is 6.61 Å². The average molecular weight is 247 g/mol. The SMILES string of the molecule is CCOC(=O)c1cnc2cc(C(C)C)nn2c1C. The highest BCUT2D eigenvalue weighted by Crippen LogP contribution is 2.17. The Kier molecular flexibility index (Phi) is 3.32. The Labute approximate surface area is 106 Å². The summed E-state index contributed by atoms with van der Waals surface area (Å²) in [4.78, 5) is 16.0. The van der Waals surface area contributed by atoms with Gasteiger partial charge in [-0.3, -0.25) is 0 Å². The molecule has 0 saturated heterocycles. The van der Waals surface area contributed by atoms with Gasteiger partial charge in [0.1, 0.15) is 0 Å². The predicted molar refractivity (Wildman–Crippen MR) is 67.8 cm³/mol. The number of hydrogen-bond acceptors (Lipinski definition) is 4. The Balaban J connectivity index is 2.53. The Morgan fingerprint density at radius 2 is 2.22 bits per heavy atom. The first-order valence-corrected chi connectivity index (χ1v) is 6.07. The lowest BCUT2D eigenvalue weighted by Gasteiger charge is -2.06. The van der Waals surface area contributed by atoms with Crippen molar-refractivity contribution in [3.63, 3.8) is 0 Å². The monoisotopic (exact) mass is 247 g/mol. The molecule has 0 aliphatic rings. The van der Waals surface area contributed by atoms with Crippen molar-refractivity contribution in [3.8, 4) is 0 Å². The van der Waals surface area contributed by atoms with Crippen LogP contribution < -0.4 is 0 Å². The second-order valence-electron chi connectivity index (χ2n) is 4.47. The Morgan fingerprint density at radius 1 is 1.50 bits per heavy atom. The standard InChI is InChI=1S/C13H17N3O2/c1-5-18-13(17)10-7-14-12-6-11(8(2)3)15-16(12)9(10)4/h6-8H,5H2,1-4H3. The van der Waals surface area contributed by atoms with Gasteiger partial charge in [0.2, 0.25) is 0 Å². The summed E-state index contributed by atoms with van der Waals surface area (Å²) in [5, 5.41) is 4.46. The van der Waals surface area contributed by atoms with Crippen molar-refractivity contribution in [1.82, 2.24) is 14.6 Å². The van der Waals surface area contributed by atoms with Crippen LogP contribution in [0.2, 0.25) is 0 Å². The molecule has 96 valence electrons. The first kappa shape index (κ1) is 12.5. The number of carbonyl (C=O) groups excluding carboxylic acids is 1. The van der Waals surface area contributed by atoms with Gasteiger partial charge in [0, 0.05) is 12.3 Å². The number of aromatic nitrogens is 3. The number of hydrogen-bond donors (Lipinski definition) is 0. The number of esters is 1. The zero-order valence-corrected chi connectivity index (χ0v) is 11.1. The van der Waals surface area contributed by atoms with Gasteiger partial charge < -0.3 is 4.74 Å². The van der Waals surface area contributed by atoms with Crippen molar-refractivity contribution < 1.29 is 9.53 Å². The molecule has 0 amide bonds. The first-order valence-electron chi connectivity index (χ1n) is 6.07. The lowest BCUT2D eigenvalue weighted by molar-refractivity contribution is 0.0524. The average Bonchev–Trinajstić information content (AvgIpc) is 2.74. The molecule has 0 aliphatic heterocycles. The van der Waals surface area contributed by atoms with Crippen LogP contribution in [-0.4, -0.2) is 27.2 Å². The third kappa shape index (κ3) is 2.08. The molecule has 0 spiro atoms. The van der Waals surface area contributed by atoms with Gasteiger partial charge in [-0.25, -0.2) is 14.3 Å². The molecule has 18 heavy (non-hydrogen) atoms. The smallest absolute Gasteiger partial charge is 0.341 e. The van der Waals surface area contributed by atoms with E-state index in [1.54, 1.807) is 17.6 Å². The van der Waals surface area contributed by atoms with Gasteiger partial charge in [-0.05, 0) is 19.8 Å². The number of carbonyl (C=O) groups is 1. The van der Waals surface area contributed by atoms with E-state index in [1.165, 1.54) is 0 Å². The van der Waals surface area contributed by atoms with Gasteiger partial charge in [-0.1, -0.05) is 13.8 Å². The van der Waals surface area contributed by atoms with Crippen molar-refractivity contribution in [1.29, 1.82) is 0 Å². The van der Waals surface area contributed by atoms with E-state index < -0.39 is 0 Å². The lowest BCUT2D eigenvalue weighted by Crippen LogP contribution is -2.11. The van der Waals surface area contributed by atoms with E-state index in [0.717, 1.165) is 17.0 Å². The van der Waals surface area contributed by atoms with E-state index in [2.05, 4.69) is 23.9 Å². The lowest BCUT2D eigenvalue weighted by atomic mass is 10.1. The van der Waals surface area contributed by atoms with Crippen molar-refractivity contribution >= 4 is 11.6 Å². The van der Waals surface area contributed by atoms with E-state index >= 15 is 0 Å². The third-order valence-corrected chi connectivity index (χ3v) is 2.83. The zero-order valence-electron chi connectivity index (χ0n) is 11.1. The number of ether oxygens (including phenoxy) is 1. The molecule has 5 nitrogen and oxygen atoms in total. The van der Waals surface area contributed by atoms with Gasteiger partial charge in [0.25, 0.3) is 0 Å². The van der Waals surface area contributed by atoms with E-state index in [9.17, 15) is 4.79 Å². The van der Waals surface area contributed by atoms with Crippen LogP contribution in [0, 0.1) is 6.92 Å². The largest absolute Gasteiger partial charge is 0.462 e. The second kappa shape index (κ2) is 4.76. The molecule has 2 aromatic rings. The van der Waals surface area contributed by atoms with Crippen LogP contribution in [0.4, 0.5) is 0 Å². The van der Waals surface area contributed by atoms with Crippen molar-refractivity contribution in [2.24, 2.45) is 0 Å². The molecule has 0 unspecified atom stereocenters. The maximum absolute atomic E-state index is 11.7. The number of fused-ring (bicyclic) bond motifs is 1. The molecule has 0 saturated carbocycles. The molecule has 2 heterocycles. The van der Waals surface area contributed by atoms with E-state index in [-0.39, 0.29) is 5.97 Å². The molecule has 0 fully saturated rings. The summed E-state index contributed by atoms with van der Waals surface area (Å²) in [5.41, 5.74) is 2.93. The molecule has 0 N–H and O–H groups in total. The minimum absolute atomic E-state index is 0.331. The van der Waals surface area contributed by atoms with E-state index in [1.807, 2.05) is 13.0 Å². The van der Waals surface area contributed by atoms with Crippen LogP contribution >= 0.6 is 0 Å². The van der Waals surface area contributed by atoms with Gasteiger partial charge in [-0.15, -0.1) is 0 Å². The summed E-state index contributed by atoms with van der Waals surface area (Å²) in [7, 11) is 0. The molecule has 0 aliphatic carbocycles. The fourth-order valence-corrected chi connectivity index (χ4v) is 1.76. The van der Waals surface area contributed by atoms with Gasteiger partial charge in [0.05, 0.1) is 23.6 Å². The van der Waals surface area contributed by atoms with Gasteiger partial charge >= 0.3 is 5.97 Å². The number of nitrogens with zero attached hydrogens (tertiary/aromatic N) is 3. The number of rotatable bonds is 3. The highest BCUT2D eigenvalue weighted by molar-refractivity contribution is 5.90. The Bertz CT molecular complexity index is 587. The minimum Gasteiger partial charge on any atom is -0.462 e. The summed E-state index contributed by atoms with van der Waals surface area (Å²) in [6.07, 6.45) is 1.55. The summed E-state index contributed by atoms with van der Waals surface area (Å²) < 4.78 is 6.69. The maximum Gasteiger partial charge on any atom is 0.341 e. The van der Waals surface area contributed by atoms with Gasteiger partial charge in [-0.2, -0.15) is 5.10 Å². The van der Waals surface area contributed by atoms with Crippen LogP contribution in [0.1, 0.15) is 48.4 Å². The van der Waals surface area contributed by atoms with Crippen LogP contribution in [-0.2, 0) is 4.74 Å². The van der Waals surface area contributed by atoms with Crippen LogP contribution in [0.25, 0.3) is 5.65 Å². The molecule has 2 rings (SSSR count). The molecule has 0 aromatic carbocycles. The molecular weight excluding hydrogens is 230 g/mol. The Morgan fingerprint density at radius 3 is 2.83 bits per heavy atom. The van der Waals surface area contributed by atoms with E-state index in [4.69, 9.17) is 4.74 Å². The summed E-state index contributed by atoms with van der Waals surface area (Å²) in [6, 6.07) is 1.94. The highest BCUT2D eigenvalue weighted by atomic mass is 16.5. The van der Waals surface area contributed by atoms with E-state index in [0.29, 0.717) is 18.1 Å². The first-order chi connectivity index (χ1) is 8.54. The maximum atomic E-state index is 11.7. The van der Waals surface area contributed by atoms with Crippen molar-refractivity contribution in [3.05, 3.63) is 29.2 Å². The molecule has 0 atom stereocenters. The van der Waals surface area contributed by atoms with Gasteiger partial charge in [0.15, 0.2) is 5.65 Å². The molecule has 5 heteroatoms. The minimum atomic E-state index is -0.356. The van der Waals surface area contributed by atoms with Crippen LogP contribution in [0.5, 0.6) is 0 Å².